The van der Waals surface area contributed by atoms with Crippen molar-refractivity contribution in [2.75, 3.05) is 18.5 Å². The lowest BCUT2D eigenvalue weighted by Gasteiger charge is -2.05. The van der Waals surface area contributed by atoms with Crippen LogP contribution in [0.1, 0.15) is 18.9 Å². The zero-order valence-corrected chi connectivity index (χ0v) is 9.40. The maximum Gasteiger partial charge on any atom is 0.226 e. The summed E-state index contributed by atoms with van der Waals surface area (Å²) in [6, 6.07) is 7.09. The molecular weight excluding hydrogens is 206 g/mol. The summed E-state index contributed by atoms with van der Waals surface area (Å²) in [6.45, 7) is 2.97. The number of carbonyl (C=O) groups is 1. The Morgan fingerprint density at radius 2 is 2.06 bits per heavy atom. The predicted octanol–water partition coefficient (Wildman–Crippen LogP) is 1.54. The van der Waals surface area contributed by atoms with Crippen LogP contribution in [0.5, 0.6) is 0 Å². The molecule has 1 amide bonds. The minimum atomic E-state index is -0.0646. The molecule has 0 fully saturated rings. The summed E-state index contributed by atoms with van der Waals surface area (Å²) in [5, 5.41) is 11.6. The molecule has 0 radical (unpaired) electrons. The van der Waals surface area contributed by atoms with Gasteiger partial charge < -0.3 is 15.2 Å². The quantitative estimate of drug-likeness (QED) is 0.719. The Bertz CT molecular complexity index is 322. The first kappa shape index (κ1) is 12.7. The molecule has 1 rings (SSSR count). The number of carbonyl (C=O) groups excluding carboxylic acids is 1. The Hall–Kier alpha value is -1.39. The van der Waals surface area contributed by atoms with Crippen molar-refractivity contribution in [3.63, 3.8) is 0 Å². The number of hydrogen-bond donors (Lipinski definition) is 2. The molecule has 2 N–H and O–H groups in total. The van der Waals surface area contributed by atoms with E-state index < -0.39 is 0 Å². The number of anilines is 1. The summed E-state index contributed by atoms with van der Waals surface area (Å²) >= 11 is 0. The van der Waals surface area contributed by atoms with Crippen molar-refractivity contribution in [2.45, 2.75) is 20.0 Å². The Balaban J connectivity index is 2.37. The van der Waals surface area contributed by atoms with Gasteiger partial charge in [0.15, 0.2) is 0 Å². The van der Waals surface area contributed by atoms with Crippen LogP contribution in [0.25, 0.3) is 0 Å². The first-order valence-corrected chi connectivity index (χ1v) is 5.33. The van der Waals surface area contributed by atoms with Gasteiger partial charge in [-0.25, -0.2) is 0 Å². The lowest BCUT2D eigenvalue weighted by molar-refractivity contribution is -0.117. The van der Waals surface area contributed by atoms with Crippen LogP contribution < -0.4 is 5.32 Å². The van der Waals surface area contributed by atoms with Crippen LogP contribution in [0, 0.1) is 0 Å². The Morgan fingerprint density at radius 1 is 1.38 bits per heavy atom. The third kappa shape index (κ3) is 4.42. The second kappa shape index (κ2) is 6.98. The highest BCUT2D eigenvalue weighted by Gasteiger charge is 2.01. The van der Waals surface area contributed by atoms with E-state index in [0.717, 1.165) is 11.3 Å². The van der Waals surface area contributed by atoms with Crippen LogP contribution in [0.4, 0.5) is 5.69 Å². The molecule has 0 aromatic heterocycles. The minimum Gasteiger partial charge on any atom is -0.392 e. The van der Waals surface area contributed by atoms with Gasteiger partial charge in [-0.3, -0.25) is 4.79 Å². The lowest BCUT2D eigenvalue weighted by Crippen LogP contribution is -2.14. The Morgan fingerprint density at radius 3 is 2.62 bits per heavy atom. The Kier molecular flexibility index (Phi) is 5.53. The van der Waals surface area contributed by atoms with Crippen molar-refractivity contribution >= 4 is 11.6 Å². The van der Waals surface area contributed by atoms with Crippen LogP contribution in [0.15, 0.2) is 24.3 Å². The molecule has 0 aliphatic heterocycles. The maximum atomic E-state index is 11.4. The molecule has 0 aliphatic carbocycles. The highest BCUT2D eigenvalue weighted by molar-refractivity contribution is 5.90. The maximum absolute atomic E-state index is 11.4. The predicted molar refractivity (Wildman–Crippen MR) is 62.1 cm³/mol. The van der Waals surface area contributed by atoms with Gasteiger partial charge in [-0.15, -0.1) is 0 Å². The van der Waals surface area contributed by atoms with Gasteiger partial charge in [0.2, 0.25) is 5.91 Å². The van der Waals surface area contributed by atoms with E-state index in [4.69, 9.17) is 9.84 Å². The third-order valence-electron chi connectivity index (χ3n) is 2.10. The summed E-state index contributed by atoms with van der Waals surface area (Å²) in [6.07, 6.45) is 0.357. The zero-order chi connectivity index (χ0) is 11.8. The third-order valence-corrected chi connectivity index (χ3v) is 2.10. The van der Waals surface area contributed by atoms with Gasteiger partial charge in [0.05, 0.1) is 19.6 Å². The number of rotatable bonds is 6. The fourth-order valence-electron chi connectivity index (χ4n) is 1.23. The van der Waals surface area contributed by atoms with Crippen LogP contribution in [0.2, 0.25) is 0 Å². The molecular formula is C12H17NO3. The largest absolute Gasteiger partial charge is 0.392 e. The van der Waals surface area contributed by atoms with Crippen molar-refractivity contribution in [3.8, 4) is 0 Å². The molecule has 0 saturated heterocycles. The second-order valence-electron chi connectivity index (χ2n) is 3.35. The molecule has 0 spiro atoms. The van der Waals surface area contributed by atoms with E-state index >= 15 is 0 Å². The molecule has 0 unspecified atom stereocenters. The number of ether oxygens (including phenoxy) is 1. The number of aliphatic hydroxyl groups excluding tert-OH is 1. The van der Waals surface area contributed by atoms with Gasteiger partial charge in [0.25, 0.3) is 0 Å². The van der Waals surface area contributed by atoms with Gasteiger partial charge in [-0.1, -0.05) is 12.1 Å². The molecule has 0 bridgehead atoms. The smallest absolute Gasteiger partial charge is 0.226 e. The SMILES string of the molecule is CCOCCC(=O)Nc1ccc(CO)cc1. The highest BCUT2D eigenvalue weighted by Crippen LogP contribution is 2.09. The van der Waals surface area contributed by atoms with Crippen molar-refractivity contribution < 1.29 is 14.6 Å². The van der Waals surface area contributed by atoms with Gasteiger partial charge >= 0.3 is 0 Å². The monoisotopic (exact) mass is 223 g/mol. The number of nitrogens with one attached hydrogen (secondary N) is 1. The summed E-state index contributed by atoms with van der Waals surface area (Å²) in [7, 11) is 0. The van der Waals surface area contributed by atoms with E-state index in [0.29, 0.717) is 19.6 Å². The summed E-state index contributed by atoms with van der Waals surface area (Å²) in [5.74, 6) is -0.0646. The minimum absolute atomic E-state index is 0.0125. The molecule has 0 aliphatic rings. The van der Waals surface area contributed by atoms with Crippen LogP contribution >= 0.6 is 0 Å². The van der Waals surface area contributed by atoms with Crippen molar-refractivity contribution in [1.29, 1.82) is 0 Å². The highest BCUT2D eigenvalue weighted by atomic mass is 16.5. The summed E-state index contributed by atoms with van der Waals surface area (Å²) in [5.41, 5.74) is 1.56. The number of amides is 1. The van der Waals surface area contributed by atoms with Gasteiger partial charge in [-0.05, 0) is 24.6 Å². The zero-order valence-electron chi connectivity index (χ0n) is 9.40. The van der Waals surface area contributed by atoms with E-state index in [-0.39, 0.29) is 12.5 Å². The molecule has 0 atom stereocenters. The van der Waals surface area contributed by atoms with Crippen molar-refractivity contribution in [1.82, 2.24) is 0 Å². The molecule has 1 aromatic carbocycles. The number of benzene rings is 1. The fraction of sp³-hybridized carbons (Fsp3) is 0.417. The molecule has 0 heterocycles. The van der Waals surface area contributed by atoms with E-state index in [1.807, 2.05) is 6.92 Å². The molecule has 4 nitrogen and oxygen atoms in total. The number of hydrogen-bond acceptors (Lipinski definition) is 3. The van der Waals surface area contributed by atoms with Crippen LogP contribution in [-0.2, 0) is 16.1 Å². The average Bonchev–Trinajstić information content (AvgIpc) is 2.30. The first-order chi connectivity index (χ1) is 7.76. The second-order valence-corrected chi connectivity index (χ2v) is 3.35. The van der Waals surface area contributed by atoms with Crippen LogP contribution in [-0.4, -0.2) is 24.2 Å². The van der Waals surface area contributed by atoms with Crippen molar-refractivity contribution in [3.05, 3.63) is 29.8 Å². The Labute approximate surface area is 95.2 Å². The van der Waals surface area contributed by atoms with Gasteiger partial charge in [0, 0.05) is 12.3 Å². The standard InChI is InChI=1S/C12H17NO3/c1-2-16-8-7-12(15)13-11-5-3-10(9-14)4-6-11/h3-6,14H,2,7-9H2,1H3,(H,13,15). The lowest BCUT2D eigenvalue weighted by atomic mass is 10.2. The normalized spacial score (nSPS) is 10.1. The fourth-order valence-corrected chi connectivity index (χ4v) is 1.23. The molecule has 1 aromatic rings. The van der Waals surface area contributed by atoms with Crippen molar-refractivity contribution in [2.24, 2.45) is 0 Å². The summed E-state index contributed by atoms with van der Waals surface area (Å²) in [4.78, 5) is 11.4. The van der Waals surface area contributed by atoms with E-state index in [1.165, 1.54) is 0 Å². The van der Waals surface area contributed by atoms with Gasteiger partial charge in [0.1, 0.15) is 0 Å². The summed E-state index contributed by atoms with van der Waals surface area (Å²) < 4.78 is 5.08. The average molecular weight is 223 g/mol. The molecule has 88 valence electrons. The van der Waals surface area contributed by atoms with E-state index in [9.17, 15) is 4.79 Å². The van der Waals surface area contributed by atoms with E-state index in [2.05, 4.69) is 5.32 Å². The topological polar surface area (TPSA) is 58.6 Å². The molecule has 4 heteroatoms. The molecule has 0 saturated carbocycles. The molecule has 16 heavy (non-hydrogen) atoms. The van der Waals surface area contributed by atoms with E-state index in [1.54, 1.807) is 24.3 Å². The first-order valence-electron chi connectivity index (χ1n) is 5.33. The van der Waals surface area contributed by atoms with Crippen LogP contribution in [0.3, 0.4) is 0 Å². The van der Waals surface area contributed by atoms with Gasteiger partial charge in [-0.2, -0.15) is 0 Å². The number of aliphatic hydroxyl groups is 1.